The molecule has 0 fully saturated rings. The third-order valence-electron chi connectivity index (χ3n) is 4.81. The zero-order valence-corrected chi connectivity index (χ0v) is 14.5. The van der Waals surface area contributed by atoms with Crippen LogP contribution in [0.25, 0.3) is 17.1 Å². The minimum Gasteiger partial charge on any atom is -0.282 e. The van der Waals surface area contributed by atoms with Gasteiger partial charge in [0.1, 0.15) is 23.7 Å². The SMILES string of the molecule is Cc1[nH]ncc1-c1nc(C2CCc3ncnn3C2)n(-c2cnn(C)c2)n1. The van der Waals surface area contributed by atoms with Crippen LogP contribution in [0, 0.1) is 6.92 Å². The fraction of sp³-hybridized carbons (Fsp3) is 0.375. The number of aryl methyl sites for hydroxylation is 3. The van der Waals surface area contributed by atoms with Gasteiger partial charge in [0.25, 0.3) is 0 Å². The molecule has 132 valence electrons. The predicted molar refractivity (Wildman–Crippen MR) is 91.5 cm³/mol. The highest BCUT2D eigenvalue weighted by Crippen LogP contribution is 2.30. The van der Waals surface area contributed by atoms with Crippen LogP contribution in [-0.2, 0) is 20.0 Å². The second kappa shape index (κ2) is 5.61. The third-order valence-corrected chi connectivity index (χ3v) is 4.81. The van der Waals surface area contributed by atoms with Gasteiger partial charge in [0.2, 0.25) is 0 Å². The average molecular weight is 350 g/mol. The van der Waals surface area contributed by atoms with Crippen molar-refractivity contribution in [3.8, 4) is 17.1 Å². The van der Waals surface area contributed by atoms with Gasteiger partial charge in [-0.25, -0.2) is 19.3 Å². The summed E-state index contributed by atoms with van der Waals surface area (Å²) in [6.45, 7) is 2.72. The van der Waals surface area contributed by atoms with Gasteiger partial charge in [-0.2, -0.15) is 15.3 Å². The number of fused-ring (bicyclic) bond motifs is 1. The van der Waals surface area contributed by atoms with Gasteiger partial charge in [0.15, 0.2) is 5.82 Å². The molecule has 1 atom stereocenters. The first-order valence-electron chi connectivity index (χ1n) is 8.52. The van der Waals surface area contributed by atoms with Crippen molar-refractivity contribution < 1.29 is 0 Å². The fourth-order valence-corrected chi connectivity index (χ4v) is 3.43. The molecule has 0 saturated carbocycles. The molecule has 26 heavy (non-hydrogen) atoms. The quantitative estimate of drug-likeness (QED) is 0.591. The average Bonchev–Trinajstić information content (AvgIpc) is 3.39. The summed E-state index contributed by atoms with van der Waals surface area (Å²) in [6.07, 6.45) is 8.95. The maximum Gasteiger partial charge on any atom is 0.185 e. The summed E-state index contributed by atoms with van der Waals surface area (Å²) >= 11 is 0. The molecule has 4 aromatic heterocycles. The predicted octanol–water partition coefficient (Wildman–Crippen LogP) is 1.02. The van der Waals surface area contributed by atoms with Gasteiger partial charge < -0.3 is 0 Å². The van der Waals surface area contributed by atoms with Crippen molar-refractivity contribution >= 4 is 0 Å². The zero-order valence-electron chi connectivity index (χ0n) is 14.5. The fourth-order valence-electron chi connectivity index (χ4n) is 3.43. The Bertz CT molecular complexity index is 1060. The Kier molecular flexibility index (Phi) is 3.24. The van der Waals surface area contributed by atoms with Gasteiger partial charge in [-0.3, -0.25) is 9.78 Å². The van der Waals surface area contributed by atoms with Crippen LogP contribution in [0.15, 0.2) is 24.9 Å². The summed E-state index contributed by atoms with van der Waals surface area (Å²) in [7, 11) is 1.89. The number of hydrogen-bond donors (Lipinski definition) is 1. The lowest BCUT2D eigenvalue weighted by Crippen LogP contribution is -2.22. The number of aromatic amines is 1. The molecular weight excluding hydrogens is 332 g/mol. The topological polar surface area (TPSA) is 108 Å². The van der Waals surface area contributed by atoms with Gasteiger partial charge in [-0.05, 0) is 13.3 Å². The van der Waals surface area contributed by atoms with E-state index in [4.69, 9.17) is 10.1 Å². The van der Waals surface area contributed by atoms with E-state index in [9.17, 15) is 0 Å². The molecule has 4 aromatic rings. The lowest BCUT2D eigenvalue weighted by atomic mass is 9.99. The van der Waals surface area contributed by atoms with E-state index in [1.54, 1.807) is 23.4 Å². The molecule has 0 amide bonds. The molecule has 1 unspecified atom stereocenters. The minimum atomic E-state index is 0.206. The number of hydrogen-bond acceptors (Lipinski definition) is 6. The number of H-pyrrole nitrogens is 1. The van der Waals surface area contributed by atoms with E-state index in [-0.39, 0.29) is 5.92 Å². The van der Waals surface area contributed by atoms with E-state index in [0.717, 1.165) is 48.0 Å². The molecule has 1 N–H and O–H groups in total. The Morgan fingerprint density at radius 1 is 1.23 bits per heavy atom. The highest BCUT2D eigenvalue weighted by Gasteiger charge is 2.28. The summed E-state index contributed by atoms with van der Waals surface area (Å²) in [5.41, 5.74) is 2.75. The number of rotatable bonds is 3. The van der Waals surface area contributed by atoms with Crippen molar-refractivity contribution in [3.63, 3.8) is 0 Å². The molecule has 0 radical (unpaired) electrons. The molecule has 10 heteroatoms. The Morgan fingerprint density at radius 2 is 2.15 bits per heavy atom. The van der Waals surface area contributed by atoms with Crippen LogP contribution in [0.2, 0.25) is 0 Å². The second-order valence-electron chi connectivity index (χ2n) is 6.58. The minimum absolute atomic E-state index is 0.206. The third kappa shape index (κ3) is 2.33. The standard InChI is InChI=1S/C16H18N10/c1-10-13(6-18-22-10)15-21-16(26(23-15)12-5-19-24(2)8-12)11-3-4-14-17-9-20-25(14)7-11/h5-6,8-9,11H,3-4,7H2,1-2H3,(H,18,22). The summed E-state index contributed by atoms with van der Waals surface area (Å²) < 4.78 is 5.61. The van der Waals surface area contributed by atoms with E-state index in [2.05, 4.69) is 25.4 Å². The van der Waals surface area contributed by atoms with Gasteiger partial charge >= 0.3 is 0 Å². The molecule has 0 aromatic carbocycles. The summed E-state index contributed by atoms with van der Waals surface area (Å²) in [5.74, 6) is 2.81. The second-order valence-corrected chi connectivity index (χ2v) is 6.58. The largest absolute Gasteiger partial charge is 0.282 e. The van der Waals surface area contributed by atoms with Crippen LogP contribution >= 0.6 is 0 Å². The van der Waals surface area contributed by atoms with Crippen LogP contribution < -0.4 is 0 Å². The Morgan fingerprint density at radius 3 is 2.92 bits per heavy atom. The van der Waals surface area contributed by atoms with Crippen LogP contribution in [0.4, 0.5) is 0 Å². The highest BCUT2D eigenvalue weighted by atomic mass is 15.4. The highest BCUT2D eigenvalue weighted by molar-refractivity contribution is 5.56. The summed E-state index contributed by atoms with van der Waals surface area (Å²) in [5, 5.41) is 20.4. The maximum atomic E-state index is 4.87. The monoisotopic (exact) mass is 350 g/mol. The van der Waals surface area contributed by atoms with Crippen LogP contribution in [-0.4, -0.2) is 49.5 Å². The first kappa shape index (κ1) is 15.0. The lowest BCUT2D eigenvalue weighted by molar-refractivity contribution is 0.404. The molecule has 10 nitrogen and oxygen atoms in total. The molecule has 1 aliphatic rings. The van der Waals surface area contributed by atoms with E-state index >= 15 is 0 Å². The molecule has 5 heterocycles. The normalized spacial score (nSPS) is 16.8. The van der Waals surface area contributed by atoms with Crippen LogP contribution in [0.3, 0.4) is 0 Å². The smallest absolute Gasteiger partial charge is 0.185 e. The van der Waals surface area contributed by atoms with Crippen molar-refractivity contribution in [2.45, 2.75) is 32.2 Å². The van der Waals surface area contributed by atoms with E-state index in [1.807, 2.05) is 29.5 Å². The number of nitrogens with one attached hydrogen (secondary N) is 1. The van der Waals surface area contributed by atoms with Crippen LogP contribution in [0.5, 0.6) is 0 Å². The lowest BCUT2D eigenvalue weighted by Gasteiger charge is -2.21. The van der Waals surface area contributed by atoms with E-state index in [1.165, 1.54) is 0 Å². The maximum absolute atomic E-state index is 4.87. The van der Waals surface area contributed by atoms with Gasteiger partial charge in [-0.1, -0.05) is 0 Å². The molecule has 1 aliphatic heterocycles. The molecule has 0 saturated heterocycles. The van der Waals surface area contributed by atoms with Crippen molar-refractivity contribution in [1.29, 1.82) is 0 Å². The molecule has 0 spiro atoms. The van der Waals surface area contributed by atoms with E-state index in [0.29, 0.717) is 5.82 Å². The first-order valence-corrected chi connectivity index (χ1v) is 8.52. The van der Waals surface area contributed by atoms with Gasteiger partial charge in [0.05, 0.1) is 30.7 Å². The molecule has 0 aliphatic carbocycles. The number of aromatic nitrogens is 10. The van der Waals surface area contributed by atoms with Crippen molar-refractivity contribution in [1.82, 2.24) is 49.5 Å². The van der Waals surface area contributed by atoms with Crippen molar-refractivity contribution in [3.05, 3.63) is 42.3 Å². The molecular formula is C16H18N10. The Labute approximate surface area is 148 Å². The van der Waals surface area contributed by atoms with Gasteiger partial charge in [-0.15, -0.1) is 5.10 Å². The van der Waals surface area contributed by atoms with Crippen molar-refractivity contribution in [2.24, 2.45) is 7.05 Å². The zero-order chi connectivity index (χ0) is 17.7. The van der Waals surface area contributed by atoms with Crippen LogP contribution in [0.1, 0.15) is 29.7 Å². The molecule has 5 rings (SSSR count). The first-order chi connectivity index (χ1) is 12.7. The summed E-state index contributed by atoms with van der Waals surface area (Å²) in [4.78, 5) is 9.18. The number of nitrogens with zero attached hydrogens (tertiary/aromatic N) is 9. The Balaban J connectivity index is 1.61. The molecule has 0 bridgehead atoms. The van der Waals surface area contributed by atoms with Crippen molar-refractivity contribution in [2.75, 3.05) is 0 Å². The Hall–Kier alpha value is -3.30. The summed E-state index contributed by atoms with van der Waals surface area (Å²) in [6, 6.07) is 0. The van der Waals surface area contributed by atoms with E-state index < -0.39 is 0 Å². The van der Waals surface area contributed by atoms with Gasteiger partial charge in [0, 0.05) is 25.1 Å².